The van der Waals surface area contributed by atoms with Crippen LogP contribution in [0, 0.1) is 5.82 Å². The summed E-state index contributed by atoms with van der Waals surface area (Å²) < 4.78 is 103. The summed E-state index contributed by atoms with van der Waals surface area (Å²) in [6, 6.07) is 9.79. The molecule has 13 nitrogen and oxygen atoms in total. The average Bonchev–Trinajstić information content (AvgIpc) is 3.71. The highest BCUT2D eigenvalue weighted by Crippen LogP contribution is 2.40. The van der Waals surface area contributed by atoms with Crippen molar-refractivity contribution in [2.75, 3.05) is 23.3 Å². The van der Waals surface area contributed by atoms with Crippen LogP contribution in [0.25, 0.3) is 33.3 Å². The molecule has 0 spiro atoms. The Morgan fingerprint density at radius 1 is 0.925 bits per heavy atom. The molecule has 286 valence electrons. The lowest BCUT2D eigenvalue weighted by Crippen LogP contribution is -2.21. The van der Waals surface area contributed by atoms with E-state index in [1.807, 2.05) is 15.6 Å². The van der Waals surface area contributed by atoms with Gasteiger partial charge >= 0.3 is 5.76 Å². The zero-order valence-electron chi connectivity index (χ0n) is 29.5. The second kappa shape index (κ2) is 17.0. The van der Waals surface area contributed by atoms with Crippen LogP contribution in [0.1, 0.15) is 63.5 Å². The molecule has 2 aromatic carbocycles. The van der Waals surface area contributed by atoms with Crippen LogP contribution in [0.15, 0.2) is 61.1 Å². The number of rotatable bonds is 19. The number of alkyl halides is 2. The Balaban J connectivity index is 1.34. The third kappa shape index (κ3) is 10.3. The molecule has 53 heavy (non-hydrogen) atoms. The van der Waals surface area contributed by atoms with Crippen LogP contribution in [-0.2, 0) is 37.9 Å². The van der Waals surface area contributed by atoms with Crippen molar-refractivity contribution in [3.63, 3.8) is 0 Å². The Morgan fingerprint density at radius 3 is 2.28 bits per heavy atom. The summed E-state index contributed by atoms with van der Waals surface area (Å²) in [6.45, 7) is 2.59. The SMILES string of the molecule is C[C@H](Oc1cc(-c2nn(C)c3c(-c4cnn(CCCCCCCCCOS(C)(=O)=O)c4)cnc(N)c23)ccc1NS(=O)(=O)C(F)F)c1ccc(F)cc1. The minimum absolute atomic E-state index is 0.0643. The van der Waals surface area contributed by atoms with E-state index in [2.05, 4.69) is 10.1 Å². The second-order valence-electron chi connectivity index (χ2n) is 12.7. The van der Waals surface area contributed by atoms with Gasteiger partial charge in [0, 0.05) is 42.7 Å². The van der Waals surface area contributed by atoms with Crippen LogP contribution >= 0.6 is 0 Å². The highest BCUT2D eigenvalue weighted by molar-refractivity contribution is 7.93. The van der Waals surface area contributed by atoms with Crippen molar-refractivity contribution < 1.29 is 38.9 Å². The smallest absolute Gasteiger partial charge is 0.355 e. The molecule has 0 fully saturated rings. The number of hydrogen-bond donors (Lipinski definition) is 2. The number of aromatic nitrogens is 5. The summed E-state index contributed by atoms with van der Waals surface area (Å²) in [5.41, 5.74) is 9.78. The molecule has 0 aliphatic heterocycles. The Labute approximate surface area is 306 Å². The topological polar surface area (TPSA) is 173 Å². The van der Waals surface area contributed by atoms with E-state index in [0.29, 0.717) is 40.7 Å². The van der Waals surface area contributed by atoms with Gasteiger partial charge in [-0.05, 0) is 49.6 Å². The lowest BCUT2D eigenvalue weighted by Gasteiger charge is -2.19. The van der Waals surface area contributed by atoms with Crippen LogP contribution < -0.4 is 15.2 Å². The van der Waals surface area contributed by atoms with Gasteiger partial charge in [-0.25, -0.2) is 17.8 Å². The molecular formula is C35H42F3N7O6S2. The first-order valence-corrected chi connectivity index (χ1v) is 20.3. The predicted molar refractivity (Wildman–Crippen MR) is 197 cm³/mol. The van der Waals surface area contributed by atoms with Crippen molar-refractivity contribution in [1.82, 2.24) is 24.5 Å². The van der Waals surface area contributed by atoms with Gasteiger partial charge in [0.25, 0.3) is 20.1 Å². The highest BCUT2D eigenvalue weighted by Gasteiger charge is 2.27. The maximum absolute atomic E-state index is 13.6. The van der Waals surface area contributed by atoms with Gasteiger partial charge in [-0.3, -0.25) is 18.3 Å². The molecule has 3 heterocycles. The molecule has 0 bridgehead atoms. The van der Waals surface area contributed by atoms with E-state index in [9.17, 15) is 30.0 Å². The summed E-state index contributed by atoms with van der Waals surface area (Å²) in [4.78, 5) is 4.44. The average molecular weight is 778 g/mol. The Morgan fingerprint density at radius 2 is 1.60 bits per heavy atom. The van der Waals surface area contributed by atoms with E-state index in [1.54, 1.807) is 31.0 Å². The largest absolute Gasteiger partial charge is 0.484 e. The maximum Gasteiger partial charge on any atom is 0.355 e. The summed E-state index contributed by atoms with van der Waals surface area (Å²) in [5, 5.41) is 9.78. The van der Waals surface area contributed by atoms with Crippen LogP contribution in [0.4, 0.5) is 24.7 Å². The number of pyridine rings is 1. The minimum Gasteiger partial charge on any atom is -0.484 e. The van der Waals surface area contributed by atoms with Gasteiger partial charge in [0.2, 0.25) is 0 Å². The number of fused-ring (bicyclic) bond motifs is 1. The molecule has 0 amide bonds. The van der Waals surface area contributed by atoms with Crippen molar-refractivity contribution in [2.24, 2.45) is 7.05 Å². The Hall–Kier alpha value is -4.68. The Bertz CT molecular complexity index is 2250. The van der Waals surface area contributed by atoms with Crippen molar-refractivity contribution >= 4 is 42.5 Å². The molecule has 3 N–H and O–H groups in total. The van der Waals surface area contributed by atoms with Gasteiger partial charge in [0.05, 0.1) is 35.6 Å². The fraction of sp³-hybridized carbons (Fsp3) is 0.400. The van der Waals surface area contributed by atoms with E-state index >= 15 is 0 Å². The zero-order valence-corrected chi connectivity index (χ0v) is 31.1. The van der Waals surface area contributed by atoms with Gasteiger partial charge in [0.1, 0.15) is 29.2 Å². The van der Waals surface area contributed by atoms with Gasteiger partial charge in [-0.15, -0.1) is 0 Å². The number of benzene rings is 2. The standard InChI is InChI=1S/C35H42F3N7O6S2/c1-23(24-11-14-27(36)15-12-24)51-30-19-25(13-16-29(30)43-53(48,49)35(37)38)32-31-33(44(2)42-32)28(21-40-34(31)39)26-20-41-45(22-26)17-9-7-5-4-6-8-10-18-50-52(3,46)47/h11-16,19-23,35,43H,4-10,17-18H2,1-3H3,(H2,39,40)/t23-/m0/s1. The molecule has 5 aromatic rings. The third-order valence-electron chi connectivity index (χ3n) is 8.55. The lowest BCUT2D eigenvalue weighted by molar-refractivity contribution is 0.228. The first kappa shape index (κ1) is 39.5. The summed E-state index contributed by atoms with van der Waals surface area (Å²) >= 11 is 0. The lowest BCUT2D eigenvalue weighted by atomic mass is 10.0. The maximum atomic E-state index is 13.6. The van der Waals surface area contributed by atoms with Crippen LogP contribution in [0.2, 0.25) is 0 Å². The quantitative estimate of drug-likeness (QED) is 0.0655. The molecule has 18 heteroatoms. The number of nitrogens with two attached hydrogens (primary N) is 1. The number of sulfonamides is 1. The van der Waals surface area contributed by atoms with Crippen LogP contribution in [0.5, 0.6) is 5.75 Å². The molecule has 5 rings (SSSR count). The number of nitrogens with zero attached hydrogens (tertiary/aromatic N) is 5. The third-order valence-corrected chi connectivity index (χ3v) is 10.1. The number of anilines is 2. The molecule has 0 unspecified atom stereocenters. The number of nitrogens with one attached hydrogen (secondary N) is 1. The molecule has 1 atom stereocenters. The number of unbranched alkanes of at least 4 members (excludes halogenated alkanes) is 6. The molecular weight excluding hydrogens is 736 g/mol. The normalized spacial score (nSPS) is 12.8. The molecule has 0 aliphatic carbocycles. The molecule has 3 aromatic heterocycles. The van der Waals surface area contributed by atoms with E-state index in [0.717, 1.165) is 55.9 Å². The molecule has 0 radical (unpaired) electrons. The van der Waals surface area contributed by atoms with Gasteiger partial charge in [-0.2, -0.15) is 27.4 Å². The van der Waals surface area contributed by atoms with E-state index in [-0.39, 0.29) is 23.9 Å². The molecule has 0 aliphatic rings. The number of hydrogen-bond acceptors (Lipinski definition) is 10. The van der Waals surface area contributed by atoms with Gasteiger partial charge < -0.3 is 10.5 Å². The molecule has 0 saturated carbocycles. The van der Waals surface area contributed by atoms with E-state index in [4.69, 9.17) is 19.8 Å². The van der Waals surface area contributed by atoms with Gasteiger partial charge in [0.15, 0.2) is 0 Å². The van der Waals surface area contributed by atoms with Crippen molar-refractivity contribution in [3.8, 4) is 28.1 Å². The zero-order chi connectivity index (χ0) is 38.3. The summed E-state index contributed by atoms with van der Waals surface area (Å²) in [6.07, 6.45) is 12.3. The number of ether oxygens (including phenoxy) is 1. The van der Waals surface area contributed by atoms with Crippen molar-refractivity contribution in [3.05, 3.63) is 72.4 Å². The van der Waals surface area contributed by atoms with Crippen molar-refractivity contribution in [1.29, 1.82) is 0 Å². The molecule has 0 saturated heterocycles. The van der Waals surface area contributed by atoms with Crippen LogP contribution in [0.3, 0.4) is 0 Å². The fourth-order valence-electron chi connectivity index (χ4n) is 5.89. The van der Waals surface area contributed by atoms with Crippen molar-refractivity contribution in [2.45, 2.75) is 70.3 Å². The van der Waals surface area contributed by atoms with E-state index in [1.165, 1.54) is 42.5 Å². The second-order valence-corrected chi connectivity index (χ2v) is 16.0. The highest BCUT2D eigenvalue weighted by atomic mass is 32.2. The minimum atomic E-state index is -5.04. The van der Waals surface area contributed by atoms with Crippen LogP contribution in [-0.4, -0.2) is 60.0 Å². The summed E-state index contributed by atoms with van der Waals surface area (Å²) in [5.74, 6) is -4.01. The van der Waals surface area contributed by atoms with E-state index < -0.39 is 37.8 Å². The first-order valence-electron chi connectivity index (χ1n) is 17.0. The van der Waals surface area contributed by atoms with Gasteiger partial charge in [-0.1, -0.05) is 50.3 Å². The monoisotopic (exact) mass is 777 g/mol. The number of halogens is 3. The number of nitrogen functional groups attached to an aromatic ring is 1. The number of aryl methyl sites for hydroxylation is 2. The summed E-state index contributed by atoms with van der Waals surface area (Å²) in [7, 11) is -6.68. The first-order chi connectivity index (χ1) is 25.1. The predicted octanol–water partition coefficient (Wildman–Crippen LogP) is 7.03. The fourth-order valence-corrected chi connectivity index (χ4v) is 6.87. The Kier molecular flexibility index (Phi) is 12.7.